The van der Waals surface area contributed by atoms with Crippen LogP contribution in [0, 0.1) is 5.92 Å². The van der Waals surface area contributed by atoms with E-state index in [0.717, 1.165) is 36.5 Å². The Morgan fingerprint density at radius 1 is 1.32 bits per heavy atom. The molecule has 1 atom stereocenters. The minimum atomic E-state index is 0.612. The summed E-state index contributed by atoms with van der Waals surface area (Å²) in [5, 5.41) is 3.17. The maximum Gasteiger partial charge on any atom is 0.136 e. The lowest BCUT2D eigenvalue weighted by molar-refractivity contribution is 0.529. The second-order valence-electron chi connectivity index (χ2n) is 5.88. The monoisotopic (exact) mass is 260 g/mol. The van der Waals surface area contributed by atoms with Crippen LogP contribution in [0.25, 0.3) is 0 Å². The lowest BCUT2D eigenvalue weighted by Crippen LogP contribution is -2.21. The van der Waals surface area contributed by atoms with Crippen molar-refractivity contribution in [2.75, 3.05) is 30.4 Å². The maximum absolute atomic E-state index is 4.79. The number of rotatable bonds is 5. The van der Waals surface area contributed by atoms with Crippen molar-refractivity contribution in [3.63, 3.8) is 0 Å². The van der Waals surface area contributed by atoms with Crippen molar-refractivity contribution in [2.45, 2.75) is 44.9 Å². The van der Waals surface area contributed by atoms with Crippen LogP contribution in [0.2, 0.25) is 0 Å². The SMILES string of the molecule is CCCC1CCN(c2cc(NC)nc(C3CC3)n2)C1. The van der Waals surface area contributed by atoms with E-state index in [9.17, 15) is 0 Å². The van der Waals surface area contributed by atoms with Crippen molar-refractivity contribution >= 4 is 11.6 Å². The Morgan fingerprint density at radius 2 is 2.16 bits per heavy atom. The number of anilines is 2. The van der Waals surface area contributed by atoms with Crippen LogP contribution in [0.5, 0.6) is 0 Å². The van der Waals surface area contributed by atoms with Gasteiger partial charge in [0.1, 0.15) is 17.5 Å². The van der Waals surface area contributed by atoms with Gasteiger partial charge in [-0.2, -0.15) is 0 Å². The van der Waals surface area contributed by atoms with Crippen molar-refractivity contribution in [1.82, 2.24) is 9.97 Å². The average molecular weight is 260 g/mol. The molecule has 0 bridgehead atoms. The van der Waals surface area contributed by atoms with Crippen LogP contribution in [0.1, 0.15) is 50.8 Å². The minimum Gasteiger partial charge on any atom is -0.373 e. The molecule has 4 nitrogen and oxygen atoms in total. The molecule has 1 saturated carbocycles. The summed E-state index contributed by atoms with van der Waals surface area (Å²) in [6.07, 6.45) is 6.45. The molecule has 4 heteroatoms. The Morgan fingerprint density at radius 3 is 2.84 bits per heavy atom. The van der Waals surface area contributed by atoms with Gasteiger partial charge in [0.05, 0.1) is 0 Å². The van der Waals surface area contributed by atoms with Crippen molar-refractivity contribution in [3.05, 3.63) is 11.9 Å². The molecule has 1 N–H and O–H groups in total. The quantitative estimate of drug-likeness (QED) is 0.883. The zero-order valence-corrected chi connectivity index (χ0v) is 12.0. The molecule has 1 aromatic rings. The summed E-state index contributed by atoms with van der Waals surface area (Å²) in [5.74, 6) is 4.59. The molecule has 1 aliphatic carbocycles. The van der Waals surface area contributed by atoms with Crippen LogP contribution in [0.4, 0.5) is 11.6 Å². The Balaban J connectivity index is 1.78. The van der Waals surface area contributed by atoms with Crippen LogP contribution >= 0.6 is 0 Å². The summed E-state index contributed by atoms with van der Waals surface area (Å²) < 4.78 is 0. The van der Waals surface area contributed by atoms with E-state index in [2.05, 4.69) is 28.2 Å². The highest BCUT2D eigenvalue weighted by atomic mass is 15.2. The van der Waals surface area contributed by atoms with Crippen LogP contribution in [-0.2, 0) is 0 Å². The molecule has 0 spiro atoms. The molecular formula is C15H24N4. The smallest absolute Gasteiger partial charge is 0.136 e. The summed E-state index contributed by atoms with van der Waals surface area (Å²) in [6, 6.07) is 2.10. The van der Waals surface area contributed by atoms with Crippen LogP contribution in [0.15, 0.2) is 6.07 Å². The molecule has 2 aliphatic rings. The van der Waals surface area contributed by atoms with E-state index in [1.165, 1.54) is 32.1 Å². The van der Waals surface area contributed by atoms with Gasteiger partial charge in [-0.25, -0.2) is 9.97 Å². The number of hydrogen-bond donors (Lipinski definition) is 1. The van der Waals surface area contributed by atoms with Crippen molar-refractivity contribution in [2.24, 2.45) is 5.92 Å². The average Bonchev–Trinajstić information content (AvgIpc) is 3.19. The molecule has 2 heterocycles. The van der Waals surface area contributed by atoms with E-state index in [1.807, 2.05) is 7.05 Å². The first-order valence-electron chi connectivity index (χ1n) is 7.61. The van der Waals surface area contributed by atoms with Gasteiger partial charge in [-0.15, -0.1) is 0 Å². The predicted molar refractivity (Wildman–Crippen MR) is 78.8 cm³/mol. The van der Waals surface area contributed by atoms with E-state index in [-0.39, 0.29) is 0 Å². The van der Waals surface area contributed by atoms with Crippen molar-refractivity contribution in [3.8, 4) is 0 Å². The van der Waals surface area contributed by atoms with Gasteiger partial charge in [0.15, 0.2) is 0 Å². The number of hydrogen-bond acceptors (Lipinski definition) is 4. The molecule has 3 rings (SSSR count). The normalized spacial score (nSPS) is 22.8. The van der Waals surface area contributed by atoms with E-state index in [0.29, 0.717) is 5.92 Å². The molecule has 19 heavy (non-hydrogen) atoms. The van der Waals surface area contributed by atoms with E-state index < -0.39 is 0 Å². The van der Waals surface area contributed by atoms with Gasteiger partial charge in [0, 0.05) is 32.1 Å². The van der Waals surface area contributed by atoms with Gasteiger partial charge in [0.25, 0.3) is 0 Å². The first kappa shape index (κ1) is 12.7. The van der Waals surface area contributed by atoms with Gasteiger partial charge < -0.3 is 10.2 Å². The zero-order valence-electron chi connectivity index (χ0n) is 12.0. The lowest BCUT2D eigenvalue weighted by Gasteiger charge is -2.19. The summed E-state index contributed by atoms with van der Waals surface area (Å²) in [6.45, 7) is 4.59. The largest absolute Gasteiger partial charge is 0.373 e. The summed E-state index contributed by atoms with van der Waals surface area (Å²) in [5.41, 5.74) is 0. The summed E-state index contributed by atoms with van der Waals surface area (Å²) in [4.78, 5) is 11.8. The lowest BCUT2D eigenvalue weighted by atomic mass is 10.0. The Bertz CT molecular complexity index is 442. The highest BCUT2D eigenvalue weighted by Crippen LogP contribution is 2.39. The Hall–Kier alpha value is -1.32. The second-order valence-corrected chi connectivity index (χ2v) is 5.88. The third kappa shape index (κ3) is 2.82. The molecule has 1 aliphatic heterocycles. The molecular weight excluding hydrogens is 236 g/mol. The number of aromatic nitrogens is 2. The third-order valence-electron chi connectivity index (χ3n) is 4.24. The van der Waals surface area contributed by atoms with E-state index >= 15 is 0 Å². The fraction of sp³-hybridized carbons (Fsp3) is 0.733. The molecule has 1 saturated heterocycles. The number of nitrogens with zero attached hydrogens (tertiary/aromatic N) is 3. The molecule has 2 fully saturated rings. The van der Waals surface area contributed by atoms with E-state index in [1.54, 1.807) is 0 Å². The highest BCUT2D eigenvalue weighted by Gasteiger charge is 2.29. The van der Waals surface area contributed by atoms with Crippen LogP contribution in [-0.4, -0.2) is 30.1 Å². The first-order valence-corrected chi connectivity index (χ1v) is 7.61. The highest BCUT2D eigenvalue weighted by molar-refractivity contribution is 5.50. The number of nitrogens with one attached hydrogen (secondary N) is 1. The van der Waals surface area contributed by atoms with Gasteiger partial charge >= 0.3 is 0 Å². The fourth-order valence-corrected chi connectivity index (χ4v) is 2.95. The van der Waals surface area contributed by atoms with Gasteiger partial charge in [-0.1, -0.05) is 13.3 Å². The molecule has 0 aromatic carbocycles. The second kappa shape index (κ2) is 5.35. The topological polar surface area (TPSA) is 41.0 Å². The predicted octanol–water partition coefficient (Wildman–Crippen LogP) is 3.02. The summed E-state index contributed by atoms with van der Waals surface area (Å²) >= 11 is 0. The van der Waals surface area contributed by atoms with Crippen LogP contribution in [0.3, 0.4) is 0 Å². The van der Waals surface area contributed by atoms with Gasteiger partial charge in [-0.05, 0) is 31.6 Å². The van der Waals surface area contributed by atoms with Gasteiger partial charge in [0.2, 0.25) is 0 Å². The zero-order chi connectivity index (χ0) is 13.2. The molecule has 0 amide bonds. The third-order valence-corrected chi connectivity index (χ3v) is 4.24. The van der Waals surface area contributed by atoms with Crippen molar-refractivity contribution < 1.29 is 0 Å². The molecule has 0 radical (unpaired) electrons. The Kier molecular flexibility index (Phi) is 3.58. The summed E-state index contributed by atoms with van der Waals surface area (Å²) in [7, 11) is 1.94. The molecule has 1 unspecified atom stereocenters. The molecule has 104 valence electrons. The Labute approximate surface area is 115 Å². The molecule has 1 aromatic heterocycles. The maximum atomic E-state index is 4.79. The van der Waals surface area contributed by atoms with Gasteiger partial charge in [-0.3, -0.25) is 0 Å². The van der Waals surface area contributed by atoms with Crippen molar-refractivity contribution in [1.29, 1.82) is 0 Å². The van der Waals surface area contributed by atoms with Crippen LogP contribution < -0.4 is 10.2 Å². The van der Waals surface area contributed by atoms with E-state index in [4.69, 9.17) is 4.98 Å². The minimum absolute atomic E-state index is 0.612. The standard InChI is InChI=1S/C15H24N4/c1-3-4-11-7-8-19(10-11)14-9-13(16-2)17-15(18-14)12-5-6-12/h9,11-12H,3-8,10H2,1-2H3,(H,16,17,18). The fourth-order valence-electron chi connectivity index (χ4n) is 2.95. The first-order chi connectivity index (χ1) is 9.30.